The summed E-state index contributed by atoms with van der Waals surface area (Å²) in [5.41, 5.74) is 5.21. The van der Waals surface area contributed by atoms with Gasteiger partial charge >= 0.3 is 12.1 Å². The van der Waals surface area contributed by atoms with Crippen LogP contribution in [0, 0.1) is 55.7 Å². The van der Waals surface area contributed by atoms with Crippen molar-refractivity contribution in [3.05, 3.63) is 119 Å². The van der Waals surface area contributed by atoms with Crippen LogP contribution < -0.4 is 0 Å². The summed E-state index contributed by atoms with van der Waals surface area (Å²) in [6, 6.07) is 20.9. The first-order chi connectivity index (χ1) is 39.8. The van der Waals surface area contributed by atoms with E-state index < -0.39 is 28.9 Å². The van der Waals surface area contributed by atoms with Crippen molar-refractivity contribution in [1.29, 1.82) is 5.26 Å². The number of aromatic nitrogens is 4. The lowest BCUT2D eigenvalue weighted by Gasteiger charge is -2.18. The van der Waals surface area contributed by atoms with E-state index in [0.717, 1.165) is 98.3 Å². The van der Waals surface area contributed by atoms with E-state index in [4.69, 9.17) is 15.1 Å². The van der Waals surface area contributed by atoms with Gasteiger partial charge in [0.15, 0.2) is 0 Å². The zero-order valence-corrected chi connectivity index (χ0v) is 57.5. The summed E-state index contributed by atoms with van der Waals surface area (Å²) in [5.74, 6) is 4.00. The normalized spacial score (nSPS) is 11.1. The highest BCUT2D eigenvalue weighted by Crippen LogP contribution is 2.26. The fourth-order valence-corrected chi connectivity index (χ4v) is 5.04. The Morgan fingerprint density at radius 3 is 1.40 bits per heavy atom. The largest absolute Gasteiger partial charge is 0.466 e. The molecule has 85 heavy (non-hydrogen) atoms. The first kappa shape index (κ1) is 96.3. The number of alkyl halides is 5. The molecule has 0 spiro atoms. The van der Waals surface area contributed by atoms with Gasteiger partial charge in [-0.15, -0.1) is 0 Å². The van der Waals surface area contributed by atoms with Gasteiger partial charge in [-0.1, -0.05) is 190 Å². The molecule has 11 nitrogen and oxygen atoms in total. The number of aliphatic hydroxyl groups is 1. The van der Waals surface area contributed by atoms with Crippen molar-refractivity contribution < 1.29 is 54.1 Å². The molecular formula is C67H119F6N5O6S. The second-order valence-corrected chi connectivity index (χ2v) is 22.1. The number of nitriles is 1. The summed E-state index contributed by atoms with van der Waals surface area (Å²) in [6.07, 6.45) is 13.7. The molecule has 0 amide bonds. The Labute approximate surface area is 515 Å². The van der Waals surface area contributed by atoms with Gasteiger partial charge in [-0.2, -0.15) is 18.4 Å². The Hall–Kier alpha value is -4.99. The predicted molar refractivity (Wildman–Crippen MR) is 346 cm³/mol. The van der Waals surface area contributed by atoms with E-state index in [1.165, 1.54) is 56.9 Å². The maximum absolute atomic E-state index is 12.6. The van der Waals surface area contributed by atoms with Crippen molar-refractivity contribution in [3.63, 3.8) is 0 Å². The molecule has 2 aromatic carbocycles. The van der Waals surface area contributed by atoms with E-state index in [0.29, 0.717) is 31.8 Å². The van der Waals surface area contributed by atoms with Gasteiger partial charge in [0.05, 0.1) is 24.1 Å². The third-order valence-corrected chi connectivity index (χ3v) is 10.7. The Morgan fingerprint density at radius 2 is 1.22 bits per heavy atom. The Balaban J connectivity index is -0.000000126. The second kappa shape index (κ2) is 71.5. The van der Waals surface area contributed by atoms with Crippen LogP contribution in [0.2, 0.25) is 0 Å². The molecule has 2 aromatic heterocycles. The summed E-state index contributed by atoms with van der Waals surface area (Å²) < 4.78 is 96.2. The number of aliphatic hydroxyl groups excluding tert-OH is 1. The van der Waals surface area contributed by atoms with Crippen molar-refractivity contribution in [2.75, 3.05) is 38.9 Å². The van der Waals surface area contributed by atoms with E-state index in [1.807, 2.05) is 77.9 Å². The number of aryl methyl sites for hydroxylation is 6. The lowest BCUT2D eigenvalue weighted by Crippen LogP contribution is -2.04. The maximum atomic E-state index is 12.6. The summed E-state index contributed by atoms with van der Waals surface area (Å²) >= 11 is 0. The number of benzene rings is 2. The predicted octanol–water partition coefficient (Wildman–Crippen LogP) is 19.3. The SMILES string of the molecule is CC(C)C.CC1CC1.CC1CCC1.CCC#N.CCC(F)(F)F.CCC(F)F.CCCO.CCCOC.CCCS(C)(=O)=O.CCOC(=O)CC.CCc1ccccc1F.CCc1cncc(C)n1.CCc1nccc(C)n1.Cc1ccccc1. The highest BCUT2D eigenvalue weighted by atomic mass is 32.2. The van der Waals surface area contributed by atoms with Gasteiger partial charge in [0.25, 0.3) is 0 Å². The third kappa shape index (κ3) is 104. The van der Waals surface area contributed by atoms with Crippen molar-refractivity contribution in [3.8, 4) is 6.07 Å². The van der Waals surface area contributed by atoms with E-state index in [2.05, 4.69) is 99.1 Å². The van der Waals surface area contributed by atoms with E-state index in [-0.39, 0.29) is 18.2 Å². The van der Waals surface area contributed by atoms with Crippen LogP contribution in [0.1, 0.15) is 222 Å². The maximum Gasteiger partial charge on any atom is 0.388 e. The molecule has 6 rings (SSSR count). The van der Waals surface area contributed by atoms with Crippen molar-refractivity contribution >= 4 is 15.8 Å². The van der Waals surface area contributed by atoms with Crippen LogP contribution in [-0.4, -0.2) is 91.0 Å². The van der Waals surface area contributed by atoms with Crippen molar-refractivity contribution in [1.82, 2.24) is 19.9 Å². The first-order valence-corrected chi connectivity index (χ1v) is 32.4. The van der Waals surface area contributed by atoms with Crippen LogP contribution >= 0.6 is 0 Å². The number of carbonyl (C=O) groups is 1. The molecule has 0 atom stereocenters. The molecule has 2 fully saturated rings. The Morgan fingerprint density at radius 1 is 0.753 bits per heavy atom. The van der Waals surface area contributed by atoms with Gasteiger partial charge in [-0.25, -0.2) is 31.6 Å². The highest BCUT2D eigenvalue weighted by molar-refractivity contribution is 7.90. The topological polar surface area (TPSA) is 165 Å². The number of ether oxygens (including phenoxy) is 2. The lowest BCUT2D eigenvalue weighted by atomic mass is 9.88. The smallest absolute Gasteiger partial charge is 0.388 e. The molecule has 2 heterocycles. The molecule has 1 N–H and O–H groups in total. The lowest BCUT2D eigenvalue weighted by molar-refractivity contribution is -0.142. The van der Waals surface area contributed by atoms with Crippen LogP contribution in [0.15, 0.2) is 79.3 Å². The fraction of sp³-hybridized carbons (Fsp3) is 0.672. The molecular weight excluding hydrogens is 1120 g/mol. The van der Waals surface area contributed by atoms with Crippen LogP contribution in [0.25, 0.3) is 0 Å². The monoisotopic (exact) mass is 1240 g/mol. The summed E-state index contributed by atoms with van der Waals surface area (Å²) in [7, 11) is -0.962. The number of nitrogens with zero attached hydrogens (tertiary/aromatic N) is 5. The molecule has 0 unspecified atom stereocenters. The summed E-state index contributed by atoms with van der Waals surface area (Å²) in [4.78, 5) is 26.6. The molecule has 496 valence electrons. The molecule has 2 saturated carbocycles. The average molecular weight is 1240 g/mol. The molecule has 2 aliphatic carbocycles. The number of esters is 1. The molecule has 4 aromatic rings. The van der Waals surface area contributed by atoms with Crippen LogP contribution in [0.3, 0.4) is 0 Å². The van der Waals surface area contributed by atoms with Crippen LogP contribution in [0.5, 0.6) is 0 Å². The number of carbonyl (C=O) groups excluding carboxylic acids is 1. The zero-order chi connectivity index (χ0) is 67.5. The molecule has 0 saturated heterocycles. The number of halogens is 6. The minimum atomic E-state index is -3.96. The number of hydrogen-bond acceptors (Lipinski definition) is 11. The standard InChI is InChI=1S/C8H9F.2C7H10N2.C7H8.C5H10O2.C5H10.C4H10O2S.C4H10O.C4H8.C4H10.C3H5F3.C3H6F2.C3H5N.C3H8O/c1-2-7-5-3-4-6-8(7)9;1-3-7-5-8-4-6(2)9-7;1-3-7-8-5-4-6(2)9-7;1-7-5-3-2-4-6-7;1-3-5(6)7-4-2;1-5-3-2-4-5;1-3-4-7(2,5)6;1-3-4-5-2;1-4-2-3-4;1-4(2)3;1-2-3(4,5)6;1-2-3(4)5;2*1-2-3-4/h3-6H,2H2,1H3;2*4-5H,3H2,1-2H3;2-6H,1H3;3-4H2,1-2H3;5H,2-4H2,1H3;3-4H2,1-2H3;3-4H2,1-2H3;4H,2-3H2,1H3;4H,1-3H3;2H2,1H3;3H,2H2,1H3;2H2,1H3;4H,2-3H2,1H3. The van der Waals surface area contributed by atoms with Crippen molar-refractivity contribution in [2.24, 2.45) is 17.8 Å². The van der Waals surface area contributed by atoms with Crippen LogP contribution in [-0.2, 0) is 43.4 Å². The summed E-state index contributed by atoms with van der Waals surface area (Å²) in [5, 5.41) is 15.5. The molecule has 18 heteroatoms. The number of hydrogen-bond donors (Lipinski definition) is 1. The van der Waals surface area contributed by atoms with Gasteiger partial charge in [0, 0.05) is 88.7 Å². The summed E-state index contributed by atoms with van der Waals surface area (Å²) in [6.45, 7) is 38.7. The van der Waals surface area contributed by atoms with E-state index in [9.17, 15) is 39.6 Å². The second-order valence-electron chi connectivity index (χ2n) is 19.8. The van der Waals surface area contributed by atoms with E-state index >= 15 is 0 Å². The Bertz CT molecular complexity index is 2070. The third-order valence-electron chi connectivity index (χ3n) is 9.54. The molecule has 0 aliphatic heterocycles. The van der Waals surface area contributed by atoms with Gasteiger partial charge < -0.3 is 14.6 Å². The fourth-order valence-electron chi connectivity index (χ4n) is 4.29. The quantitative estimate of drug-likeness (QED) is 0.112. The van der Waals surface area contributed by atoms with Crippen molar-refractivity contribution in [2.45, 2.75) is 240 Å². The molecule has 0 radical (unpaired) electrons. The minimum Gasteiger partial charge on any atom is -0.466 e. The highest BCUT2D eigenvalue weighted by Gasteiger charge is 2.22. The minimum absolute atomic E-state index is 0.0278. The van der Waals surface area contributed by atoms with Gasteiger partial charge in [-0.3, -0.25) is 14.8 Å². The Kier molecular flexibility index (Phi) is 81.0. The average Bonchev–Trinajstić information content (AvgIpc) is 4.26. The number of sulfone groups is 1. The first-order valence-electron chi connectivity index (χ1n) is 30.3. The van der Waals surface area contributed by atoms with Gasteiger partial charge in [-0.05, 0) is 95.2 Å². The van der Waals surface area contributed by atoms with E-state index in [1.54, 1.807) is 51.7 Å². The van der Waals surface area contributed by atoms with Gasteiger partial charge in [0.2, 0.25) is 6.43 Å². The van der Waals surface area contributed by atoms with Crippen LogP contribution in [0.4, 0.5) is 26.3 Å². The number of rotatable bonds is 11. The zero-order valence-electron chi connectivity index (χ0n) is 56.7. The van der Waals surface area contributed by atoms with Gasteiger partial charge in [0.1, 0.15) is 21.5 Å². The molecule has 2 aliphatic rings. The number of methoxy groups -OCH3 is 1. The molecule has 0 bridgehead atoms.